The molecule has 0 atom stereocenters. The first kappa shape index (κ1) is 30.3. The van der Waals surface area contributed by atoms with Crippen LogP contribution in [0.3, 0.4) is 0 Å². The smallest absolute Gasteiger partial charge is 0.191 e. The number of rotatable bonds is 16. The molecule has 5 heteroatoms. The Bertz CT molecular complexity index is 287. The fourth-order valence-electron chi connectivity index (χ4n) is 2.36. The predicted octanol–water partition coefficient (Wildman–Crippen LogP) is 8.46. The highest BCUT2D eigenvalue weighted by Gasteiger charge is 2.36. The van der Waals surface area contributed by atoms with Crippen LogP contribution >= 0.6 is 31.9 Å². The number of halogens is 2. The summed E-state index contributed by atoms with van der Waals surface area (Å²) in [4.78, 5) is 0. The summed E-state index contributed by atoms with van der Waals surface area (Å²) in [6.07, 6.45) is 15.4. The maximum Gasteiger partial charge on any atom is 0.191 e. The van der Waals surface area contributed by atoms with Gasteiger partial charge in [-0.05, 0) is 43.8 Å². The first-order valence-corrected chi connectivity index (χ1v) is 16.2. The zero-order valence-corrected chi connectivity index (χ0v) is 23.1. The van der Waals surface area contributed by atoms with Crippen LogP contribution in [0.2, 0.25) is 18.1 Å². The van der Waals surface area contributed by atoms with E-state index in [2.05, 4.69) is 65.7 Å². The van der Waals surface area contributed by atoms with E-state index in [0.29, 0.717) is 11.6 Å². The van der Waals surface area contributed by atoms with Crippen molar-refractivity contribution < 1.29 is 9.53 Å². The van der Waals surface area contributed by atoms with Crippen LogP contribution in [0.15, 0.2) is 0 Å². The van der Waals surface area contributed by atoms with Crippen molar-refractivity contribution in [1.29, 1.82) is 0 Å². The molecule has 0 unspecified atom stereocenters. The second-order valence-corrected chi connectivity index (χ2v) is 15.3. The van der Waals surface area contributed by atoms with Gasteiger partial charge in [0.25, 0.3) is 0 Å². The standard InChI is InChI=1S/C14H31BrOSi.C8H17BrO/c1-14(2,3)17(4,5)16-13-11-9-7-6-8-10-12-15;9-7-5-3-1-2-4-6-8-10/h6-13H2,1-5H3;10H,1-8H2. The maximum absolute atomic E-state index is 8.46. The van der Waals surface area contributed by atoms with Gasteiger partial charge in [-0.2, -0.15) is 0 Å². The molecule has 0 aliphatic carbocycles. The van der Waals surface area contributed by atoms with Crippen LogP contribution in [0.1, 0.15) is 97.8 Å². The molecule has 0 aliphatic rings. The molecule has 27 heavy (non-hydrogen) atoms. The third-order valence-corrected chi connectivity index (χ3v) is 11.0. The first-order valence-electron chi connectivity index (χ1n) is 11.1. The number of alkyl halides is 2. The summed E-state index contributed by atoms with van der Waals surface area (Å²) in [6.45, 7) is 12.9. The van der Waals surface area contributed by atoms with Gasteiger partial charge in [0.2, 0.25) is 0 Å². The third-order valence-electron chi connectivity index (χ3n) is 5.34. The molecule has 0 saturated carbocycles. The lowest BCUT2D eigenvalue weighted by molar-refractivity contribution is 0.277. The molecule has 1 N–H and O–H groups in total. The zero-order valence-electron chi connectivity index (χ0n) is 18.9. The van der Waals surface area contributed by atoms with E-state index in [1.165, 1.54) is 70.6 Å². The number of hydrogen-bond donors (Lipinski definition) is 1. The Morgan fingerprint density at radius 1 is 0.667 bits per heavy atom. The molecule has 0 aromatic carbocycles. The molecule has 0 amide bonds. The van der Waals surface area contributed by atoms with E-state index < -0.39 is 8.32 Å². The number of hydrogen-bond acceptors (Lipinski definition) is 2. The lowest BCUT2D eigenvalue weighted by Crippen LogP contribution is -2.40. The molecule has 2 nitrogen and oxygen atoms in total. The SMILES string of the molecule is CC(C)(C)[Si](C)(C)OCCCCCCCCBr.OCCCCCCCCBr. The Labute approximate surface area is 189 Å². The Morgan fingerprint density at radius 3 is 1.41 bits per heavy atom. The van der Waals surface area contributed by atoms with E-state index in [0.717, 1.165) is 23.7 Å². The number of unbranched alkanes of at least 4 members (excludes halogenated alkanes) is 10. The molecule has 0 aromatic rings. The van der Waals surface area contributed by atoms with Crippen molar-refractivity contribution in [2.75, 3.05) is 23.9 Å². The van der Waals surface area contributed by atoms with Crippen LogP contribution in [0.4, 0.5) is 0 Å². The van der Waals surface area contributed by atoms with Gasteiger partial charge in [-0.25, -0.2) is 0 Å². The van der Waals surface area contributed by atoms with Crippen LogP contribution in [-0.4, -0.2) is 37.3 Å². The van der Waals surface area contributed by atoms with Gasteiger partial charge in [0.15, 0.2) is 8.32 Å². The highest BCUT2D eigenvalue weighted by molar-refractivity contribution is 9.09. The Hall–Kier alpha value is 1.10. The lowest BCUT2D eigenvalue weighted by atomic mass is 10.1. The molecular formula is C22H48Br2O2Si. The van der Waals surface area contributed by atoms with E-state index in [1.54, 1.807) is 0 Å². The summed E-state index contributed by atoms with van der Waals surface area (Å²) in [6, 6.07) is 0. The normalized spacial score (nSPS) is 12.0. The number of aliphatic hydroxyl groups excluding tert-OH is 1. The summed E-state index contributed by atoms with van der Waals surface area (Å²) < 4.78 is 6.15. The minimum atomic E-state index is -1.49. The number of aliphatic hydroxyl groups is 1. The van der Waals surface area contributed by atoms with E-state index in [-0.39, 0.29) is 0 Å². The average molecular weight is 533 g/mol. The maximum atomic E-state index is 8.46. The van der Waals surface area contributed by atoms with Gasteiger partial charge in [0, 0.05) is 23.9 Å². The van der Waals surface area contributed by atoms with Crippen molar-refractivity contribution in [3.8, 4) is 0 Å². The topological polar surface area (TPSA) is 29.5 Å². The van der Waals surface area contributed by atoms with Crippen molar-refractivity contribution in [3.05, 3.63) is 0 Å². The Balaban J connectivity index is 0. The van der Waals surface area contributed by atoms with Crippen molar-refractivity contribution in [2.24, 2.45) is 0 Å². The molecule has 0 aromatic heterocycles. The van der Waals surface area contributed by atoms with Gasteiger partial charge in [-0.1, -0.05) is 104 Å². The van der Waals surface area contributed by atoms with Crippen molar-refractivity contribution in [1.82, 2.24) is 0 Å². The van der Waals surface area contributed by atoms with E-state index in [4.69, 9.17) is 9.53 Å². The molecule has 0 aliphatic heterocycles. The first-order chi connectivity index (χ1) is 12.7. The summed E-state index contributed by atoms with van der Waals surface area (Å²) >= 11 is 6.86. The monoisotopic (exact) mass is 530 g/mol. The average Bonchev–Trinajstić information content (AvgIpc) is 2.60. The Morgan fingerprint density at radius 2 is 1.04 bits per heavy atom. The van der Waals surface area contributed by atoms with Crippen LogP contribution in [0.25, 0.3) is 0 Å². The fraction of sp³-hybridized carbons (Fsp3) is 1.00. The molecule has 0 fully saturated rings. The molecule has 0 heterocycles. The summed E-state index contributed by atoms with van der Waals surface area (Å²) in [5.74, 6) is 0. The van der Waals surface area contributed by atoms with E-state index in [1.807, 2.05) is 0 Å². The highest BCUT2D eigenvalue weighted by atomic mass is 79.9. The summed E-state index contributed by atoms with van der Waals surface area (Å²) in [5.41, 5.74) is 0. The van der Waals surface area contributed by atoms with Crippen LogP contribution in [0, 0.1) is 0 Å². The highest BCUT2D eigenvalue weighted by Crippen LogP contribution is 2.36. The summed E-state index contributed by atoms with van der Waals surface area (Å²) in [7, 11) is -1.49. The van der Waals surface area contributed by atoms with Gasteiger partial charge in [-0.15, -0.1) is 0 Å². The minimum Gasteiger partial charge on any atom is -0.417 e. The quantitative estimate of drug-likeness (QED) is 0.123. The van der Waals surface area contributed by atoms with Crippen LogP contribution in [0.5, 0.6) is 0 Å². The minimum absolute atomic E-state index is 0.350. The van der Waals surface area contributed by atoms with Crippen molar-refractivity contribution in [3.63, 3.8) is 0 Å². The molecular weight excluding hydrogens is 484 g/mol. The van der Waals surface area contributed by atoms with Crippen LogP contribution in [-0.2, 0) is 4.43 Å². The van der Waals surface area contributed by atoms with Gasteiger partial charge in [-0.3, -0.25) is 0 Å². The van der Waals surface area contributed by atoms with Gasteiger partial charge < -0.3 is 9.53 Å². The third kappa shape index (κ3) is 21.6. The van der Waals surface area contributed by atoms with Crippen molar-refractivity contribution >= 4 is 40.2 Å². The second-order valence-electron chi connectivity index (χ2n) is 8.95. The molecule has 0 bridgehead atoms. The van der Waals surface area contributed by atoms with Crippen LogP contribution < -0.4 is 0 Å². The molecule has 0 saturated heterocycles. The molecule has 166 valence electrons. The largest absolute Gasteiger partial charge is 0.417 e. The van der Waals surface area contributed by atoms with Gasteiger partial charge in [0.05, 0.1) is 0 Å². The zero-order chi connectivity index (χ0) is 21.0. The molecule has 0 rings (SSSR count). The Kier molecular flexibility index (Phi) is 22.9. The second kappa shape index (κ2) is 20.4. The molecule has 0 radical (unpaired) electrons. The van der Waals surface area contributed by atoms with E-state index in [9.17, 15) is 0 Å². The lowest BCUT2D eigenvalue weighted by Gasteiger charge is -2.36. The summed E-state index contributed by atoms with van der Waals surface area (Å²) in [5, 5.41) is 11.1. The van der Waals surface area contributed by atoms with Crippen molar-refractivity contribution in [2.45, 2.75) is 116 Å². The fourth-order valence-corrected chi connectivity index (χ4v) is 4.24. The predicted molar refractivity (Wildman–Crippen MR) is 133 cm³/mol. The van der Waals surface area contributed by atoms with E-state index >= 15 is 0 Å². The van der Waals surface area contributed by atoms with Gasteiger partial charge in [0.1, 0.15) is 0 Å². The molecule has 0 spiro atoms. The van der Waals surface area contributed by atoms with Gasteiger partial charge >= 0.3 is 0 Å².